The van der Waals surface area contributed by atoms with Crippen molar-refractivity contribution >= 4 is 11.9 Å². The van der Waals surface area contributed by atoms with Crippen LogP contribution >= 0.6 is 0 Å². The van der Waals surface area contributed by atoms with E-state index in [1.807, 2.05) is 20.8 Å². The monoisotopic (exact) mass is 241 g/mol. The van der Waals surface area contributed by atoms with E-state index in [0.29, 0.717) is 13.0 Å². The number of likely N-dealkylation sites (tertiary alicyclic amines) is 1. The van der Waals surface area contributed by atoms with Crippen molar-refractivity contribution < 1.29 is 14.7 Å². The summed E-state index contributed by atoms with van der Waals surface area (Å²) in [6, 6.07) is -0.619. The van der Waals surface area contributed by atoms with E-state index in [2.05, 4.69) is 0 Å². The van der Waals surface area contributed by atoms with Gasteiger partial charge in [-0.3, -0.25) is 4.79 Å². The van der Waals surface area contributed by atoms with Crippen molar-refractivity contribution in [3.05, 3.63) is 0 Å². The maximum absolute atomic E-state index is 12.3. The van der Waals surface area contributed by atoms with Gasteiger partial charge in [-0.25, -0.2) is 4.79 Å². The van der Waals surface area contributed by atoms with E-state index in [0.717, 1.165) is 19.3 Å². The second-order valence-corrected chi connectivity index (χ2v) is 5.27. The highest BCUT2D eigenvalue weighted by atomic mass is 16.4. The van der Waals surface area contributed by atoms with Crippen LogP contribution in [0.5, 0.6) is 0 Å². The number of amides is 1. The van der Waals surface area contributed by atoms with Crippen molar-refractivity contribution in [3.63, 3.8) is 0 Å². The number of nitrogens with zero attached hydrogens (tertiary/aromatic N) is 1. The van der Waals surface area contributed by atoms with Crippen LogP contribution in [-0.2, 0) is 9.59 Å². The fourth-order valence-corrected chi connectivity index (χ4v) is 2.18. The molecule has 1 aliphatic heterocycles. The van der Waals surface area contributed by atoms with Crippen molar-refractivity contribution in [2.75, 3.05) is 6.54 Å². The minimum Gasteiger partial charge on any atom is -0.480 e. The molecule has 1 aliphatic rings. The van der Waals surface area contributed by atoms with E-state index in [-0.39, 0.29) is 17.7 Å². The summed E-state index contributed by atoms with van der Waals surface area (Å²) < 4.78 is 0. The van der Waals surface area contributed by atoms with Gasteiger partial charge in [0.2, 0.25) is 5.91 Å². The highest BCUT2D eigenvalue weighted by Gasteiger charge is 2.33. The van der Waals surface area contributed by atoms with Crippen molar-refractivity contribution in [1.82, 2.24) is 4.90 Å². The van der Waals surface area contributed by atoms with Crippen LogP contribution in [-0.4, -0.2) is 34.5 Å². The third-order valence-corrected chi connectivity index (χ3v) is 3.71. The van der Waals surface area contributed by atoms with Crippen molar-refractivity contribution in [3.8, 4) is 0 Å². The van der Waals surface area contributed by atoms with Gasteiger partial charge in [0.1, 0.15) is 6.04 Å². The number of hydrogen-bond donors (Lipinski definition) is 1. The number of aliphatic carboxylic acids is 1. The van der Waals surface area contributed by atoms with Crippen LogP contribution in [0.25, 0.3) is 0 Å². The van der Waals surface area contributed by atoms with Crippen molar-refractivity contribution in [1.29, 1.82) is 0 Å². The van der Waals surface area contributed by atoms with Crippen molar-refractivity contribution in [2.24, 2.45) is 11.8 Å². The molecule has 17 heavy (non-hydrogen) atoms. The molecule has 1 N–H and O–H groups in total. The summed E-state index contributed by atoms with van der Waals surface area (Å²) >= 11 is 0. The summed E-state index contributed by atoms with van der Waals surface area (Å²) in [5.41, 5.74) is 0. The highest BCUT2D eigenvalue weighted by molar-refractivity contribution is 5.85. The molecule has 0 spiro atoms. The number of carboxylic acids is 1. The molecule has 1 heterocycles. The molecule has 1 amide bonds. The van der Waals surface area contributed by atoms with Gasteiger partial charge in [-0.15, -0.1) is 0 Å². The predicted molar refractivity (Wildman–Crippen MR) is 65.6 cm³/mol. The molecular weight excluding hydrogens is 218 g/mol. The Balaban J connectivity index is 2.82. The molecule has 0 bridgehead atoms. The lowest BCUT2D eigenvalue weighted by atomic mass is 9.95. The maximum atomic E-state index is 12.3. The second-order valence-electron chi connectivity index (χ2n) is 5.27. The van der Waals surface area contributed by atoms with E-state index < -0.39 is 12.0 Å². The van der Waals surface area contributed by atoms with Crippen LogP contribution in [0.2, 0.25) is 0 Å². The van der Waals surface area contributed by atoms with Gasteiger partial charge < -0.3 is 10.0 Å². The maximum Gasteiger partial charge on any atom is 0.326 e. The van der Waals surface area contributed by atoms with Gasteiger partial charge in [-0.2, -0.15) is 0 Å². The molecule has 98 valence electrons. The van der Waals surface area contributed by atoms with Crippen LogP contribution in [0.15, 0.2) is 0 Å². The molecule has 2 unspecified atom stereocenters. The van der Waals surface area contributed by atoms with Gasteiger partial charge in [-0.05, 0) is 18.8 Å². The zero-order valence-corrected chi connectivity index (χ0v) is 11.0. The minimum absolute atomic E-state index is 0.00528. The van der Waals surface area contributed by atoms with Gasteiger partial charge in [0, 0.05) is 12.5 Å². The Morgan fingerprint density at radius 2 is 1.82 bits per heavy atom. The zero-order chi connectivity index (χ0) is 13.0. The van der Waals surface area contributed by atoms with Crippen LogP contribution in [0.4, 0.5) is 0 Å². The molecule has 0 aliphatic carbocycles. The highest BCUT2D eigenvalue weighted by Crippen LogP contribution is 2.22. The molecule has 0 aromatic rings. The summed E-state index contributed by atoms with van der Waals surface area (Å²) in [4.78, 5) is 25.1. The Hall–Kier alpha value is -1.06. The first-order chi connectivity index (χ1) is 7.95. The summed E-state index contributed by atoms with van der Waals surface area (Å²) in [5, 5.41) is 9.21. The summed E-state index contributed by atoms with van der Waals surface area (Å²) in [6.07, 6.45) is 3.42. The minimum atomic E-state index is -0.865. The average molecular weight is 241 g/mol. The summed E-state index contributed by atoms with van der Waals surface area (Å²) in [5.74, 6) is -0.722. The topological polar surface area (TPSA) is 57.6 Å². The molecule has 4 nitrogen and oxygen atoms in total. The predicted octanol–water partition coefficient (Wildman–Crippen LogP) is 2.13. The number of carbonyl (C=O) groups is 2. The molecule has 0 saturated carbocycles. The Morgan fingerprint density at radius 1 is 1.18 bits per heavy atom. The first kappa shape index (κ1) is 14.0. The third kappa shape index (κ3) is 3.45. The van der Waals surface area contributed by atoms with Gasteiger partial charge in [0.05, 0.1) is 0 Å². The Labute approximate surface area is 103 Å². The smallest absolute Gasteiger partial charge is 0.326 e. The van der Waals surface area contributed by atoms with Gasteiger partial charge >= 0.3 is 5.97 Å². The molecule has 1 saturated heterocycles. The molecule has 0 aromatic carbocycles. The molecule has 2 atom stereocenters. The van der Waals surface area contributed by atoms with Crippen LogP contribution < -0.4 is 0 Å². The Bertz CT molecular complexity index is 288. The molecule has 4 heteroatoms. The third-order valence-electron chi connectivity index (χ3n) is 3.71. The Kier molecular flexibility index (Phi) is 4.97. The van der Waals surface area contributed by atoms with E-state index in [1.165, 1.54) is 0 Å². The SMILES string of the molecule is CC(C)C(C)C(=O)N1CCCCCC1C(=O)O. The number of carboxylic acid groups (broad SMARTS) is 1. The van der Waals surface area contributed by atoms with Crippen LogP contribution in [0.3, 0.4) is 0 Å². The Morgan fingerprint density at radius 3 is 2.35 bits per heavy atom. The largest absolute Gasteiger partial charge is 0.480 e. The fourth-order valence-electron chi connectivity index (χ4n) is 2.18. The average Bonchev–Trinajstić information content (AvgIpc) is 2.51. The molecule has 1 fully saturated rings. The summed E-state index contributed by atoms with van der Waals surface area (Å²) in [7, 11) is 0. The van der Waals surface area contributed by atoms with Gasteiger partial charge in [-0.1, -0.05) is 33.6 Å². The number of rotatable bonds is 3. The van der Waals surface area contributed by atoms with Crippen LogP contribution in [0, 0.1) is 11.8 Å². The molecule has 1 rings (SSSR count). The van der Waals surface area contributed by atoms with Gasteiger partial charge in [0.25, 0.3) is 0 Å². The lowest BCUT2D eigenvalue weighted by Gasteiger charge is -2.30. The normalized spacial score (nSPS) is 23.3. The first-order valence-corrected chi connectivity index (χ1v) is 6.48. The zero-order valence-electron chi connectivity index (χ0n) is 11.0. The van der Waals surface area contributed by atoms with Crippen LogP contribution in [0.1, 0.15) is 46.5 Å². The molecule has 0 radical (unpaired) electrons. The second kappa shape index (κ2) is 6.03. The fraction of sp³-hybridized carbons (Fsp3) is 0.846. The molecule has 0 aromatic heterocycles. The number of carbonyl (C=O) groups excluding carboxylic acids is 1. The molecular formula is C13H23NO3. The summed E-state index contributed by atoms with van der Waals surface area (Å²) in [6.45, 7) is 6.47. The van der Waals surface area contributed by atoms with E-state index in [4.69, 9.17) is 0 Å². The van der Waals surface area contributed by atoms with Crippen molar-refractivity contribution in [2.45, 2.75) is 52.5 Å². The lowest BCUT2D eigenvalue weighted by molar-refractivity contribution is -0.152. The standard InChI is InChI=1S/C13H23NO3/c1-9(2)10(3)12(15)14-8-6-4-5-7-11(14)13(16)17/h9-11H,4-8H2,1-3H3,(H,16,17). The van der Waals surface area contributed by atoms with E-state index in [1.54, 1.807) is 4.90 Å². The lowest BCUT2D eigenvalue weighted by Crippen LogP contribution is -2.47. The van der Waals surface area contributed by atoms with E-state index >= 15 is 0 Å². The number of hydrogen-bond acceptors (Lipinski definition) is 2. The van der Waals surface area contributed by atoms with E-state index in [9.17, 15) is 14.7 Å². The first-order valence-electron chi connectivity index (χ1n) is 6.48. The quantitative estimate of drug-likeness (QED) is 0.823. The van der Waals surface area contributed by atoms with Gasteiger partial charge in [0.15, 0.2) is 0 Å².